The lowest BCUT2D eigenvalue weighted by molar-refractivity contribution is -0.152. The minimum atomic E-state index is -0.956. The SMILES string of the molecule is CCC(C)CCCCCCCCCCCCC(=O)OC[C@H](O)COC(=O)CCCCCCCCCCCCCCCC(C)C. The molecule has 1 N–H and O–H groups in total. The molecule has 5 heteroatoms. The molecule has 0 saturated carbocycles. The number of carbonyl (C=O) groups excluding carboxylic acids is 2. The highest BCUT2D eigenvalue weighted by molar-refractivity contribution is 5.69. The second-order valence-electron chi connectivity index (χ2n) is 14.1. The molecule has 44 heavy (non-hydrogen) atoms. The molecule has 0 spiro atoms. The number of hydrogen-bond donors (Lipinski definition) is 1. The molecule has 0 radical (unpaired) electrons. The van der Waals surface area contributed by atoms with Crippen molar-refractivity contribution in [1.82, 2.24) is 0 Å². The van der Waals surface area contributed by atoms with Crippen LogP contribution in [0.2, 0.25) is 0 Å². The molecule has 0 heterocycles. The predicted molar refractivity (Wildman–Crippen MR) is 187 cm³/mol. The molecule has 0 aromatic rings. The van der Waals surface area contributed by atoms with Gasteiger partial charge in [-0.3, -0.25) is 9.59 Å². The molecule has 0 aliphatic rings. The van der Waals surface area contributed by atoms with Crippen LogP contribution < -0.4 is 0 Å². The lowest BCUT2D eigenvalue weighted by atomic mass is 9.99. The molecule has 5 nitrogen and oxygen atoms in total. The molecule has 2 atom stereocenters. The van der Waals surface area contributed by atoms with E-state index in [1.807, 2.05) is 0 Å². The van der Waals surface area contributed by atoms with E-state index in [0.29, 0.717) is 12.8 Å². The Morgan fingerprint density at radius 2 is 0.773 bits per heavy atom. The topological polar surface area (TPSA) is 72.8 Å². The Morgan fingerprint density at radius 1 is 0.477 bits per heavy atom. The van der Waals surface area contributed by atoms with Gasteiger partial charge in [-0.25, -0.2) is 0 Å². The molecule has 0 aliphatic carbocycles. The Kier molecular flexibility index (Phi) is 32.4. The number of hydrogen-bond acceptors (Lipinski definition) is 5. The normalized spacial score (nSPS) is 12.9. The molecule has 0 aromatic heterocycles. The van der Waals surface area contributed by atoms with Gasteiger partial charge >= 0.3 is 11.9 Å². The van der Waals surface area contributed by atoms with Gasteiger partial charge in [0.2, 0.25) is 0 Å². The van der Waals surface area contributed by atoms with Crippen LogP contribution >= 0.6 is 0 Å². The molecule has 0 rings (SSSR count). The zero-order valence-electron chi connectivity index (χ0n) is 30.0. The van der Waals surface area contributed by atoms with Crippen LogP contribution in [0, 0.1) is 11.8 Å². The molecule has 0 amide bonds. The van der Waals surface area contributed by atoms with Crippen molar-refractivity contribution < 1.29 is 24.2 Å². The van der Waals surface area contributed by atoms with Crippen LogP contribution in [0.15, 0.2) is 0 Å². The van der Waals surface area contributed by atoms with Crippen molar-refractivity contribution in [1.29, 1.82) is 0 Å². The molecule has 0 bridgehead atoms. The van der Waals surface area contributed by atoms with Crippen LogP contribution in [0.4, 0.5) is 0 Å². The van der Waals surface area contributed by atoms with E-state index in [2.05, 4.69) is 27.7 Å². The highest BCUT2D eigenvalue weighted by Gasteiger charge is 2.12. The summed E-state index contributed by atoms with van der Waals surface area (Å²) in [4.78, 5) is 23.9. The number of ether oxygens (including phenoxy) is 2. The van der Waals surface area contributed by atoms with Crippen molar-refractivity contribution in [3.8, 4) is 0 Å². The van der Waals surface area contributed by atoms with Gasteiger partial charge in [-0.2, -0.15) is 0 Å². The number of rotatable bonds is 34. The minimum absolute atomic E-state index is 0.109. The fraction of sp³-hybridized carbons (Fsp3) is 0.949. The summed E-state index contributed by atoms with van der Waals surface area (Å²) in [5.41, 5.74) is 0. The van der Waals surface area contributed by atoms with E-state index in [0.717, 1.165) is 37.5 Å². The third kappa shape index (κ3) is 33.8. The summed E-state index contributed by atoms with van der Waals surface area (Å²) in [6.07, 6.45) is 32.9. The quantitative estimate of drug-likeness (QED) is 0.0569. The van der Waals surface area contributed by atoms with Gasteiger partial charge in [-0.15, -0.1) is 0 Å². The number of aliphatic hydroxyl groups is 1. The minimum Gasteiger partial charge on any atom is -0.463 e. The van der Waals surface area contributed by atoms with E-state index < -0.39 is 6.10 Å². The highest BCUT2D eigenvalue weighted by atomic mass is 16.6. The van der Waals surface area contributed by atoms with E-state index in [1.165, 1.54) is 141 Å². The number of esters is 2. The molecule has 262 valence electrons. The first-order valence-electron chi connectivity index (χ1n) is 19.3. The molecular formula is C39H76O5. The van der Waals surface area contributed by atoms with Gasteiger partial charge < -0.3 is 14.6 Å². The second kappa shape index (κ2) is 33.3. The smallest absolute Gasteiger partial charge is 0.305 e. The summed E-state index contributed by atoms with van der Waals surface area (Å²) in [5.74, 6) is 1.17. The van der Waals surface area contributed by atoms with Gasteiger partial charge in [0.15, 0.2) is 0 Å². The molecule has 0 aromatic carbocycles. The fourth-order valence-electron chi connectivity index (χ4n) is 5.72. The zero-order valence-corrected chi connectivity index (χ0v) is 30.0. The monoisotopic (exact) mass is 625 g/mol. The highest BCUT2D eigenvalue weighted by Crippen LogP contribution is 2.17. The Balaban J connectivity index is 3.40. The fourth-order valence-corrected chi connectivity index (χ4v) is 5.72. The first kappa shape index (κ1) is 42.9. The van der Waals surface area contributed by atoms with Crippen molar-refractivity contribution in [2.24, 2.45) is 11.8 Å². The number of aliphatic hydroxyl groups excluding tert-OH is 1. The zero-order chi connectivity index (χ0) is 32.5. The van der Waals surface area contributed by atoms with Crippen molar-refractivity contribution in [2.45, 2.75) is 214 Å². The first-order chi connectivity index (χ1) is 21.3. The Bertz CT molecular complexity index is 620. The van der Waals surface area contributed by atoms with Crippen molar-refractivity contribution in [3.63, 3.8) is 0 Å². The number of unbranched alkanes of at least 4 members (excludes halogenated alkanes) is 21. The third-order valence-corrected chi connectivity index (χ3v) is 9.06. The standard InChI is InChI=1S/C39H76O5/c1-5-36(4)30-26-22-18-14-11-12-16-20-24-28-32-39(42)44-34-37(40)33-43-38(41)31-27-23-19-15-10-8-6-7-9-13-17-21-25-29-35(2)3/h35-37,40H,5-34H2,1-4H3/t36?,37-/m1/s1. The van der Waals surface area contributed by atoms with E-state index >= 15 is 0 Å². The largest absolute Gasteiger partial charge is 0.463 e. The van der Waals surface area contributed by atoms with Crippen LogP contribution in [-0.4, -0.2) is 36.4 Å². The molecule has 1 unspecified atom stereocenters. The maximum atomic E-state index is 12.0. The van der Waals surface area contributed by atoms with Gasteiger partial charge in [0.05, 0.1) is 0 Å². The molecule has 0 aliphatic heterocycles. The van der Waals surface area contributed by atoms with Crippen LogP contribution in [0.1, 0.15) is 207 Å². The lowest BCUT2D eigenvalue weighted by Gasteiger charge is -2.12. The summed E-state index contributed by atoms with van der Waals surface area (Å²) in [5, 5.41) is 10.0. The molecule has 0 fully saturated rings. The average molecular weight is 625 g/mol. The van der Waals surface area contributed by atoms with Crippen LogP contribution in [-0.2, 0) is 19.1 Å². The summed E-state index contributed by atoms with van der Waals surface area (Å²) in [7, 11) is 0. The summed E-state index contributed by atoms with van der Waals surface area (Å²) in [6.45, 7) is 9.04. The predicted octanol–water partition coefficient (Wildman–Crippen LogP) is 11.7. The van der Waals surface area contributed by atoms with Gasteiger partial charge in [0.1, 0.15) is 19.3 Å². The third-order valence-electron chi connectivity index (χ3n) is 9.06. The van der Waals surface area contributed by atoms with Gasteiger partial charge in [-0.1, -0.05) is 182 Å². The van der Waals surface area contributed by atoms with Gasteiger partial charge in [-0.05, 0) is 24.7 Å². The van der Waals surface area contributed by atoms with E-state index in [1.54, 1.807) is 0 Å². The second-order valence-corrected chi connectivity index (χ2v) is 14.1. The molecule has 0 saturated heterocycles. The Hall–Kier alpha value is -1.10. The lowest BCUT2D eigenvalue weighted by Crippen LogP contribution is -2.25. The molecular weight excluding hydrogens is 548 g/mol. The Labute approximate surface area is 274 Å². The number of carbonyl (C=O) groups is 2. The van der Waals surface area contributed by atoms with Crippen LogP contribution in [0.25, 0.3) is 0 Å². The summed E-state index contributed by atoms with van der Waals surface area (Å²) in [6, 6.07) is 0. The van der Waals surface area contributed by atoms with Crippen molar-refractivity contribution >= 4 is 11.9 Å². The van der Waals surface area contributed by atoms with Crippen molar-refractivity contribution in [2.75, 3.05) is 13.2 Å². The van der Waals surface area contributed by atoms with E-state index in [4.69, 9.17) is 9.47 Å². The van der Waals surface area contributed by atoms with E-state index in [9.17, 15) is 14.7 Å². The summed E-state index contributed by atoms with van der Waals surface area (Å²) < 4.78 is 10.3. The van der Waals surface area contributed by atoms with Crippen molar-refractivity contribution in [3.05, 3.63) is 0 Å². The Morgan fingerprint density at radius 3 is 1.09 bits per heavy atom. The maximum Gasteiger partial charge on any atom is 0.305 e. The van der Waals surface area contributed by atoms with Gasteiger partial charge in [0, 0.05) is 12.8 Å². The average Bonchev–Trinajstić information content (AvgIpc) is 3.00. The van der Waals surface area contributed by atoms with Gasteiger partial charge in [0.25, 0.3) is 0 Å². The van der Waals surface area contributed by atoms with Crippen LogP contribution in [0.5, 0.6) is 0 Å². The van der Waals surface area contributed by atoms with E-state index in [-0.39, 0.29) is 25.2 Å². The maximum absolute atomic E-state index is 12.0. The van der Waals surface area contributed by atoms with Crippen LogP contribution in [0.3, 0.4) is 0 Å². The first-order valence-corrected chi connectivity index (χ1v) is 19.3. The summed E-state index contributed by atoms with van der Waals surface area (Å²) >= 11 is 0.